The van der Waals surface area contributed by atoms with E-state index in [4.69, 9.17) is 10.4 Å². The maximum Gasteiger partial charge on any atom is 0.252 e. The highest BCUT2D eigenvalue weighted by molar-refractivity contribution is 5.92. The van der Waals surface area contributed by atoms with Crippen molar-refractivity contribution in [3.8, 4) is 6.07 Å². The minimum absolute atomic E-state index is 0.0118. The third-order valence-electron chi connectivity index (χ3n) is 1.15. The van der Waals surface area contributed by atoms with Crippen molar-refractivity contribution in [2.75, 3.05) is 20.2 Å². The molecule has 0 atom stereocenters. The predicted molar refractivity (Wildman–Crippen MR) is 39.5 cm³/mol. The van der Waals surface area contributed by atoms with Crippen molar-refractivity contribution in [3.63, 3.8) is 0 Å². The highest BCUT2D eigenvalue weighted by atomic mass is 16.3. The second-order valence-electron chi connectivity index (χ2n) is 2.08. The molecule has 0 spiro atoms. The number of carbonyl (C=O) groups is 1. The van der Waals surface area contributed by atoms with Crippen molar-refractivity contribution in [3.05, 3.63) is 12.2 Å². The van der Waals surface area contributed by atoms with Gasteiger partial charge in [-0.15, -0.1) is 0 Å². The lowest BCUT2D eigenvalue weighted by Crippen LogP contribution is -2.29. The van der Waals surface area contributed by atoms with Gasteiger partial charge in [-0.3, -0.25) is 4.79 Å². The molecule has 0 radical (unpaired) electrons. The van der Waals surface area contributed by atoms with E-state index in [-0.39, 0.29) is 18.7 Å². The van der Waals surface area contributed by atoms with Gasteiger partial charge in [0.1, 0.15) is 6.54 Å². The first-order valence-corrected chi connectivity index (χ1v) is 3.04. The van der Waals surface area contributed by atoms with Crippen LogP contribution in [0.3, 0.4) is 0 Å². The molecule has 4 nitrogen and oxygen atoms in total. The first kappa shape index (κ1) is 9.66. The molecule has 0 aromatic carbocycles. The predicted octanol–water partition coefficient (Wildman–Crippen LogP) is -0.483. The lowest BCUT2D eigenvalue weighted by atomic mass is 10.3. The van der Waals surface area contributed by atoms with Crippen LogP contribution in [0.5, 0.6) is 0 Å². The first-order chi connectivity index (χ1) is 5.13. The maximum atomic E-state index is 11.0. The van der Waals surface area contributed by atoms with Crippen LogP contribution in [-0.2, 0) is 4.79 Å². The third kappa shape index (κ3) is 2.83. The van der Waals surface area contributed by atoms with Gasteiger partial charge < -0.3 is 10.0 Å². The fourth-order valence-corrected chi connectivity index (χ4v) is 0.515. The van der Waals surface area contributed by atoms with E-state index in [0.717, 1.165) is 0 Å². The molecule has 11 heavy (non-hydrogen) atoms. The fourth-order valence-electron chi connectivity index (χ4n) is 0.515. The molecular weight excluding hydrogens is 144 g/mol. The van der Waals surface area contributed by atoms with Gasteiger partial charge in [0.25, 0.3) is 5.91 Å². The number of hydrogen-bond acceptors (Lipinski definition) is 3. The van der Waals surface area contributed by atoms with Crippen LogP contribution >= 0.6 is 0 Å². The van der Waals surface area contributed by atoms with E-state index in [2.05, 4.69) is 6.58 Å². The normalized spacial score (nSPS) is 8.45. The number of nitriles is 1. The standard InChI is InChI=1S/C7H10N2O2/c1-6(5-10)7(11)9(2)4-3-8/h10H,1,4-5H2,2H3. The van der Waals surface area contributed by atoms with E-state index in [0.29, 0.717) is 0 Å². The molecule has 0 unspecified atom stereocenters. The Kier molecular flexibility index (Phi) is 3.93. The zero-order chi connectivity index (χ0) is 8.85. The minimum Gasteiger partial charge on any atom is -0.391 e. The zero-order valence-corrected chi connectivity index (χ0v) is 6.37. The molecule has 0 aliphatic rings. The summed E-state index contributed by atoms with van der Waals surface area (Å²) in [5.74, 6) is -0.394. The quantitative estimate of drug-likeness (QED) is 0.441. The van der Waals surface area contributed by atoms with Gasteiger partial charge in [-0.25, -0.2) is 0 Å². The van der Waals surface area contributed by atoms with Gasteiger partial charge in [0.2, 0.25) is 0 Å². The van der Waals surface area contributed by atoms with Gasteiger partial charge in [0.05, 0.1) is 12.7 Å². The Morgan fingerprint density at radius 2 is 2.36 bits per heavy atom. The topological polar surface area (TPSA) is 64.3 Å². The molecule has 1 N–H and O–H groups in total. The Hall–Kier alpha value is -1.34. The van der Waals surface area contributed by atoms with Crippen molar-refractivity contribution < 1.29 is 9.90 Å². The van der Waals surface area contributed by atoms with Crippen molar-refractivity contribution >= 4 is 5.91 Å². The van der Waals surface area contributed by atoms with Crippen molar-refractivity contribution in [1.29, 1.82) is 5.26 Å². The van der Waals surface area contributed by atoms with Gasteiger partial charge in [0, 0.05) is 12.6 Å². The van der Waals surface area contributed by atoms with Gasteiger partial charge in [-0.1, -0.05) is 6.58 Å². The summed E-state index contributed by atoms with van der Waals surface area (Å²) in [6.07, 6.45) is 0. The lowest BCUT2D eigenvalue weighted by molar-refractivity contribution is -0.125. The molecule has 0 bridgehead atoms. The molecule has 1 amide bonds. The lowest BCUT2D eigenvalue weighted by Gasteiger charge is -2.12. The largest absolute Gasteiger partial charge is 0.391 e. The fraction of sp³-hybridized carbons (Fsp3) is 0.429. The van der Waals surface area contributed by atoms with Crippen LogP contribution in [0, 0.1) is 11.3 Å². The molecule has 0 saturated carbocycles. The molecule has 60 valence electrons. The van der Waals surface area contributed by atoms with E-state index in [9.17, 15) is 4.79 Å². The smallest absolute Gasteiger partial charge is 0.252 e. The number of likely N-dealkylation sites (N-methyl/N-ethyl adjacent to an activating group) is 1. The summed E-state index contributed by atoms with van der Waals surface area (Å²) in [6.45, 7) is 2.97. The molecule has 0 aromatic heterocycles. The highest BCUT2D eigenvalue weighted by Gasteiger charge is 2.10. The first-order valence-electron chi connectivity index (χ1n) is 3.04. The van der Waals surface area contributed by atoms with Gasteiger partial charge in [0.15, 0.2) is 0 Å². The monoisotopic (exact) mass is 154 g/mol. The summed E-state index contributed by atoms with van der Waals surface area (Å²) in [5, 5.41) is 16.7. The summed E-state index contributed by atoms with van der Waals surface area (Å²) >= 11 is 0. The van der Waals surface area contributed by atoms with Crippen LogP contribution in [0.1, 0.15) is 0 Å². The van der Waals surface area contributed by atoms with E-state index in [1.165, 1.54) is 11.9 Å². The molecule has 0 rings (SSSR count). The average molecular weight is 154 g/mol. The Balaban J connectivity index is 4.04. The highest BCUT2D eigenvalue weighted by Crippen LogP contribution is 1.94. The van der Waals surface area contributed by atoms with E-state index in [1.807, 2.05) is 6.07 Å². The maximum absolute atomic E-state index is 11.0. The number of hydrogen-bond donors (Lipinski definition) is 1. The Morgan fingerprint density at radius 1 is 1.82 bits per heavy atom. The summed E-state index contributed by atoms with van der Waals surface area (Å²) < 4.78 is 0. The van der Waals surface area contributed by atoms with Gasteiger partial charge in [-0.2, -0.15) is 5.26 Å². The molecular formula is C7H10N2O2. The van der Waals surface area contributed by atoms with Crippen LogP contribution in [0.4, 0.5) is 0 Å². The van der Waals surface area contributed by atoms with Gasteiger partial charge >= 0.3 is 0 Å². The molecule has 0 fully saturated rings. The Labute approximate surface area is 65.3 Å². The third-order valence-corrected chi connectivity index (χ3v) is 1.15. The Bertz CT molecular complexity index is 205. The number of amides is 1. The van der Waals surface area contributed by atoms with Crippen LogP contribution < -0.4 is 0 Å². The summed E-state index contributed by atoms with van der Waals surface area (Å²) in [6, 6.07) is 1.81. The van der Waals surface area contributed by atoms with Crippen molar-refractivity contribution in [2.45, 2.75) is 0 Å². The molecule has 0 heterocycles. The molecule has 0 saturated heterocycles. The van der Waals surface area contributed by atoms with Crippen LogP contribution in [-0.4, -0.2) is 36.1 Å². The molecule has 0 aliphatic heterocycles. The zero-order valence-electron chi connectivity index (χ0n) is 6.37. The number of carbonyl (C=O) groups excluding carboxylic acids is 1. The average Bonchev–Trinajstić information content (AvgIpc) is 2.02. The van der Waals surface area contributed by atoms with Crippen molar-refractivity contribution in [1.82, 2.24) is 4.90 Å². The second-order valence-corrected chi connectivity index (χ2v) is 2.08. The van der Waals surface area contributed by atoms with Crippen LogP contribution in [0.2, 0.25) is 0 Å². The SMILES string of the molecule is C=C(CO)C(=O)N(C)CC#N. The Morgan fingerprint density at radius 3 is 2.73 bits per heavy atom. The van der Waals surface area contributed by atoms with E-state index >= 15 is 0 Å². The van der Waals surface area contributed by atoms with Crippen LogP contribution in [0.15, 0.2) is 12.2 Å². The molecule has 0 aliphatic carbocycles. The minimum atomic E-state index is -0.394. The number of aliphatic hydroxyl groups excluding tert-OH is 1. The van der Waals surface area contributed by atoms with E-state index in [1.54, 1.807) is 0 Å². The number of nitrogens with zero attached hydrogens (tertiary/aromatic N) is 2. The number of aliphatic hydroxyl groups is 1. The second kappa shape index (κ2) is 4.47. The molecule has 0 aromatic rings. The van der Waals surface area contributed by atoms with E-state index < -0.39 is 5.91 Å². The summed E-state index contributed by atoms with van der Waals surface area (Å²) in [5.41, 5.74) is 0.0998. The summed E-state index contributed by atoms with van der Waals surface area (Å²) in [4.78, 5) is 12.2. The van der Waals surface area contributed by atoms with Gasteiger partial charge in [-0.05, 0) is 0 Å². The summed E-state index contributed by atoms with van der Waals surface area (Å²) in [7, 11) is 1.48. The molecule has 4 heteroatoms. The van der Waals surface area contributed by atoms with Crippen molar-refractivity contribution in [2.24, 2.45) is 0 Å². The number of rotatable bonds is 3. The van der Waals surface area contributed by atoms with Crippen LogP contribution in [0.25, 0.3) is 0 Å².